The Morgan fingerprint density at radius 1 is 1.41 bits per heavy atom. The summed E-state index contributed by atoms with van der Waals surface area (Å²) in [6, 6.07) is 5.52. The molecule has 1 unspecified atom stereocenters. The van der Waals surface area contributed by atoms with Gasteiger partial charge in [-0.05, 0) is 31.5 Å². The van der Waals surface area contributed by atoms with Crippen LogP contribution in [0.2, 0.25) is 0 Å². The minimum atomic E-state index is -1.08. The van der Waals surface area contributed by atoms with Crippen molar-refractivity contribution < 1.29 is 4.21 Å². The summed E-state index contributed by atoms with van der Waals surface area (Å²) in [6.07, 6.45) is 0. The topological polar surface area (TPSA) is 56.0 Å². The molecule has 5 heteroatoms. The molecule has 1 aromatic heterocycles. The van der Waals surface area contributed by atoms with E-state index in [2.05, 4.69) is 4.98 Å². The standard InChI is InChI=1S/C12H14N2OS2/c1-8-11(13)4-3-5-12(8)17(15)7-10-6-16-9(2)14-10/h3-6H,7,13H2,1-2H3. The molecule has 1 aromatic carbocycles. The first-order valence-electron chi connectivity index (χ1n) is 5.22. The van der Waals surface area contributed by atoms with Crippen LogP contribution in [-0.4, -0.2) is 9.19 Å². The summed E-state index contributed by atoms with van der Waals surface area (Å²) in [5.74, 6) is 0.453. The van der Waals surface area contributed by atoms with Crippen LogP contribution in [-0.2, 0) is 16.6 Å². The first-order valence-corrected chi connectivity index (χ1v) is 7.42. The van der Waals surface area contributed by atoms with Crippen LogP contribution in [0.4, 0.5) is 5.69 Å². The molecule has 0 aliphatic heterocycles. The molecule has 2 rings (SSSR count). The monoisotopic (exact) mass is 266 g/mol. The molecule has 2 aromatic rings. The fourth-order valence-electron chi connectivity index (χ4n) is 1.56. The van der Waals surface area contributed by atoms with Gasteiger partial charge in [0.15, 0.2) is 0 Å². The molecule has 0 aliphatic carbocycles. The van der Waals surface area contributed by atoms with Crippen molar-refractivity contribution in [3.63, 3.8) is 0 Å². The molecule has 0 saturated heterocycles. The van der Waals surface area contributed by atoms with Gasteiger partial charge in [-0.3, -0.25) is 4.21 Å². The fraction of sp³-hybridized carbons (Fsp3) is 0.250. The quantitative estimate of drug-likeness (QED) is 0.869. The zero-order valence-electron chi connectivity index (χ0n) is 9.77. The predicted octanol–water partition coefficient (Wildman–Crippen LogP) is 2.65. The molecule has 0 fully saturated rings. The van der Waals surface area contributed by atoms with Gasteiger partial charge in [0.25, 0.3) is 0 Å². The lowest BCUT2D eigenvalue weighted by Crippen LogP contribution is -2.01. The first kappa shape index (κ1) is 12.3. The number of hydrogen-bond acceptors (Lipinski definition) is 4. The highest BCUT2D eigenvalue weighted by Gasteiger charge is 2.11. The van der Waals surface area contributed by atoms with Gasteiger partial charge in [-0.15, -0.1) is 11.3 Å². The van der Waals surface area contributed by atoms with E-state index in [1.165, 1.54) is 0 Å². The van der Waals surface area contributed by atoms with Crippen LogP contribution < -0.4 is 5.73 Å². The van der Waals surface area contributed by atoms with Crippen LogP contribution in [0.25, 0.3) is 0 Å². The molecular formula is C12H14N2OS2. The molecule has 90 valence electrons. The predicted molar refractivity (Wildman–Crippen MR) is 72.6 cm³/mol. The van der Waals surface area contributed by atoms with Crippen LogP contribution in [0.15, 0.2) is 28.5 Å². The third-order valence-electron chi connectivity index (χ3n) is 2.52. The first-order chi connectivity index (χ1) is 8.08. The van der Waals surface area contributed by atoms with Crippen molar-refractivity contribution in [3.05, 3.63) is 39.8 Å². The Balaban J connectivity index is 2.23. The molecule has 2 N–H and O–H groups in total. The van der Waals surface area contributed by atoms with Crippen molar-refractivity contribution >= 4 is 27.8 Å². The van der Waals surface area contributed by atoms with Crippen molar-refractivity contribution in [1.29, 1.82) is 0 Å². The van der Waals surface area contributed by atoms with Crippen molar-refractivity contribution in [2.75, 3.05) is 5.73 Å². The van der Waals surface area contributed by atoms with E-state index in [1.807, 2.05) is 37.4 Å². The van der Waals surface area contributed by atoms with E-state index in [4.69, 9.17) is 5.73 Å². The normalized spacial score (nSPS) is 12.6. The van der Waals surface area contributed by atoms with E-state index < -0.39 is 10.8 Å². The van der Waals surface area contributed by atoms with E-state index in [-0.39, 0.29) is 0 Å². The van der Waals surface area contributed by atoms with E-state index in [9.17, 15) is 4.21 Å². The van der Waals surface area contributed by atoms with Crippen LogP contribution >= 0.6 is 11.3 Å². The highest BCUT2D eigenvalue weighted by atomic mass is 32.2. The number of hydrogen-bond donors (Lipinski definition) is 1. The number of anilines is 1. The largest absolute Gasteiger partial charge is 0.398 e. The van der Waals surface area contributed by atoms with Crippen molar-refractivity contribution in [3.8, 4) is 0 Å². The summed E-state index contributed by atoms with van der Waals surface area (Å²) in [7, 11) is -1.08. The second-order valence-electron chi connectivity index (χ2n) is 3.82. The SMILES string of the molecule is Cc1nc(CS(=O)c2cccc(N)c2C)cs1. The molecule has 17 heavy (non-hydrogen) atoms. The minimum Gasteiger partial charge on any atom is -0.398 e. The Labute approximate surface area is 107 Å². The van der Waals surface area contributed by atoms with Crippen LogP contribution in [0, 0.1) is 13.8 Å². The highest BCUT2D eigenvalue weighted by molar-refractivity contribution is 7.84. The lowest BCUT2D eigenvalue weighted by molar-refractivity contribution is 0.682. The third-order valence-corrected chi connectivity index (χ3v) is 4.83. The average Bonchev–Trinajstić information content (AvgIpc) is 2.68. The number of nitrogens with zero attached hydrogens (tertiary/aromatic N) is 1. The molecule has 0 bridgehead atoms. The lowest BCUT2D eigenvalue weighted by atomic mass is 10.2. The Morgan fingerprint density at radius 3 is 2.82 bits per heavy atom. The van der Waals surface area contributed by atoms with Crippen LogP contribution in [0.5, 0.6) is 0 Å². The van der Waals surface area contributed by atoms with E-state index in [0.717, 1.165) is 21.2 Å². The molecule has 1 atom stereocenters. The number of rotatable bonds is 3. The second-order valence-corrected chi connectivity index (χ2v) is 6.30. The van der Waals surface area contributed by atoms with E-state index >= 15 is 0 Å². The molecule has 0 aliphatic rings. The Bertz CT molecular complexity index is 563. The summed E-state index contributed by atoms with van der Waals surface area (Å²) in [5, 5.41) is 2.95. The van der Waals surface area contributed by atoms with E-state index in [0.29, 0.717) is 11.4 Å². The van der Waals surface area contributed by atoms with Crippen molar-refractivity contribution in [1.82, 2.24) is 4.98 Å². The zero-order chi connectivity index (χ0) is 12.4. The number of aryl methyl sites for hydroxylation is 1. The minimum absolute atomic E-state index is 0.453. The zero-order valence-corrected chi connectivity index (χ0v) is 11.4. The van der Waals surface area contributed by atoms with Gasteiger partial charge in [0.05, 0.1) is 27.3 Å². The maximum Gasteiger partial charge on any atom is 0.0897 e. The fourth-order valence-corrected chi connectivity index (χ4v) is 3.54. The van der Waals surface area contributed by atoms with E-state index in [1.54, 1.807) is 11.3 Å². The van der Waals surface area contributed by atoms with Crippen molar-refractivity contribution in [2.24, 2.45) is 0 Å². The molecule has 0 radical (unpaired) electrons. The number of nitrogen functional groups attached to an aromatic ring is 1. The smallest absolute Gasteiger partial charge is 0.0897 e. The summed E-state index contributed by atoms with van der Waals surface area (Å²) in [6.45, 7) is 3.84. The van der Waals surface area contributed by atoms with Crippen LogP contribution in [0.3, 0.4) is 0 Å². The number of benzene rings is 1. The van der Waals surface area contributed by atoms with Gasteiger partial charge in [0.2, 0.25) is 0 Å². The van der Waals surface area contributed by atoms with Crippen LogP contribution in [0.1, 0.15) is 16.3 Å². The molecular weight excluding hydrogens is 252 g/mol. The lowest BCUT2D eigenvalue weighted by Gasteiger charge is -2.06. The number of aromatic nitrogens is 1. The van der Waals surface area contributed by atoms with Gasteiger partial charge in [-0.25, -0.2) is 4.98 Å². The summed E-state index contributed by atoms with van der Waals surface area (Å²) in [5.41, 5.74) is 8.28. The Morgan fingerprint density at radius 2 is 2.18 bits per heavy atom. The summed E-state index contributed by atoms with van der Waals surface area (Å²) in [4.78, 5) is 5.12. The highest BCUT2D eigenvalue weighted by Crippen LogP contribution is 2.21. The van der Waals surface area contributed by atoms with Gasteiger partial charge in [0, 0.05) is 16.0 Å². The second kappa shape index (κ2) is 4.98. The number of nitrogens with two attached hydrogens (primary N) is 1. The van der Waals surface area contributed by atoms with Gasteiger partial charge in [-0.2, -0.15) is 0 Å². The molecule has 1 heterocycles. The number of thiazole rings is 1. The molecule has 3 nitrogen and oxygen atoms in total. The molecule has 0 spiro atoms. The van der Waals surface area contributed by atoms with Gasteiger partial charge < -0.3 is 5.73 Å². The Hall–Kier alpha value is -1.20. The maximum absolute atomic E-state index is 12.2. The molecule has 0 amide bonds. The van der Waals surface area contributed by atoms with Crippen molar-refractivity contribution in [2.45, 2.75) is 24.5 Å². The summed E-state index contributed by atoms with van der Waals surface area (Å²) < 4.78 is 12.2. The van der Waals surface area contributed by atoms with Gasteiger partial charge >= 0.3 is 0 Å². The average molecular weight is 266 g/mol. The summed E-state index contributed by atoms with van der Waals surface area (Å²) >= 11 is 1.58. The Kier molecular flexibility index (Phi) is 3.59. The molecule has 0 saturated carbocycles. The third kappa shape index (κ3) is 2.73. The van der Waals surface area contributed by atoms with Gasteiger partial charge in [-0.1, -0.05) is 6.07 Å². The van der Waals surface area contributed by atoms with Gasteiger partial charge in [0.1, 0.15) is 0 Å². The maximum atomic E-state index is 12.2.